The van der Waals surface area contributed by atoms with E-state index in [2.05, 4.69) is 15.0 Å². The normalized spacial score (nSPS) is 10.8. The predicted molar refractivity (Wildman–Crippen MR) is 74.2 cm³/mol. The Morgan fingerprint density at radius 3 is 2.63 bits per heavy atom. The molecule has 0 fully saturated rings. The van der Waals surface area contributed by atoms with E-state index in [0.717, 1.165) is 6.42 Å². The summed E-state index contributed by atoms with van der Waals surface area (Å²) in [6.45, 7) is 7.40. The number of hydrogen-bond donors (Lipinski definition) is 2. The van der Waals surface area contributed by atoms with E-state index < -0.39 is 0 Å². The van der Waals surface area contributed by atoms with Crippen molar-refractivity contribution >= 4 is 11.9 Å². The third-order valence-electron chi connectivity index (χ3n) is 2.49. The monoisotopic (exact) mass is 269 g/mol. The Morgan fingerprint density at radius 1 is 1.32 bits per heavy atom. The average Bonchev–Trinajstić information content (AvgIpc) is 2.36. The fourth-order valence-electron chi connectivity index (χ4n) is 1.58. The zero-order valence-corrected chi connectivity index (χ0v) is 11.8. The van der Waals surface area contributed by atoms with Crippen LogP contribution in [-0.4, -0.2) is 45.9 Å². The van der Waals surface area contributed by atoms with Crippen LogP contribution in [0.3, 0.4) is 0 Å². The molecule has 0 aliphatic rings. The first-order valence-corrected chi connectivity index (χ1v) is 6.60. The molecule has 0 atom stereocenters. The van der Waals surface area contributed by atoms with E-state index in [1.165, 1.54) is 0 Å². The maximum atomic E-state index is 8.94. The van der Waals surface area contributed by atoms with E-state index in [0.29, 0.717) is 25.5 Å². The molecular formula is C12H23N5O2. The largest absolute Gasteiger partial charge is 0.463 e. The number of aromatic nitrogens is 3. The summed E-state index contributed by atoms with van der Waals surface area (Å²) in [6, 6.07) is 0.450. The smallest absolute Gasteiger partial charge is 0.323 e. The SMILES string of the molecule is CCCOc1nc(N)nc(N(CCCO)C(C)C)n1. The van der Waals surface area contributed by atoms with E-state index in [-0.39, 0.29) is 24.6 Å². The summed E-state index contributed by atoms with van der Waals surface area (Å²) >= 11 is 0. The molecule has 1 aromatic heterocycles. The lowest BCUT2D eigenvalue weighted by Crippen LogP contribution is -2.34. The number of anilines is 2. The van der Waals surface area contributed by atoms with Crippen LogP contribution in [0.1, 0.15) is 33.6 Å². The van der Waals surface area contributed by atoms with E-state index in [4.69, 9.17) is 15.6 Å². The molecule has 0 amide bonds. The lowest BCUT2D eigenvalue weighted by Gasteiger charge is -2.26. The molecule has 0 unspecified atom stereocenters. The molecule has 19 heavy (non-hydrogen) atoms. The number of nitrogens with two attached hydrogens (primary N) is 1. The second kappa shape index (κ2) is 7.73. The van der Waals surface area contributed by atoms with Gasteiger partial charge in [0.15, 0.2) is 0 Å². The summed E-state index contributed by atoms with van der Waals surface area (Å²) in [6.07, 6.45) is 1.52. The fraction of sp³-hybridized carbons (Fsp3) is 0.750. The van der Waals surface area contributed by atoms with Gasteiger partial charge in [-0.3, -0.25) is 0 Å². The second-order valence-corrected chi connectivity index (χ2v) is 4.49. The molecule has 1 aromatic rings. The van der Waals surface area contributed by atoms with Crippen molar-refractivity contribution in [3.8, 4) is 6.01 Å². The van der Waals surface area contributed by atoms with Crippen LogP contribution in [0.15, 0.2) is 0 Å². The molecule has 7 heteroatoms. The van der Waals surface area contributed by atoms with E-state index in [1.807, 2.05) is 25.7 Å². The van der Waals surface area contributed by atoms with Gasteiger partial charge in [-0.2, -0.15) is 15.0 Å². The van der Waals surface area contributed by atoms with Gasteiger partial charge in [-0.05, 0) is 26.7 Å². The van der Waals surface area contributed by atoms with Crippen LogP contribution in [0.4, 0.5) is 11.9 Å². The molecule has 0 aromatic carbocycles. The van der Waals surface area contributed by atoms with Crippen molar-refractivity contribution in [3.63, 3.8) is 0 Å². The number of hydrogen-bond acceptors (Lipinski definition) is 7. The fourth-order valence-corrected chi connectivity index (χ4v) is 1.58. The highest BCUT2D eigenvalue weighted by atomic mass is 16.5. The number of rotatable bonds is 8. The van der Waals surface area contributed by atoms with Crippen molar-refractivity contribution in [2.24, 2.45) is 0 Å². The van der Waals surface area contributed by atoms with E-state index >= 15 is 0 Å². The standard InChI is InChI=1S/C12H23N5O2/c1-4-8-19-12-15-10(13)14-11(16-12)17(9(2)3)6-5-7-18/h9,18H,4-8H2,1-3H3,(H2,13,14,15,16). The third kappa shape index (κ3) is 4.86. The molecule has 0 saturated heterocycles. The van der Waals surface area contributed by atoms with Crippen molar-refractivity contribution < 1.29 is 9.84 Å². The molecule has 0 aliphatic carbocycles. The minimum absolute atomic E-state index is 0.128. The predicted octanol–water partition coefficient (Wildman–Crippen LogP) is 0.840. The Hall–Kier alpha value is -1.63. The highest BCUT2D eigenvalue weighted by Crippen LogP contribution is 2.16. The van der Waals surface area contributed by atoms with Crippen molar-refractivity contribution in [3.05, 3.63) is 0 Å². The van der Waals surface area contributed by atoms with Crippen LogP contribution in [0.5, 0.6) is 6.01 Å². The number of aliphatic hydroxyl groups excluding tert-OH is 1. The van der Waals surface area contributed by atoms with Gasteiger partial charge in [-0.25, -0.2) is 0 Å². The molecule has 0 bridgehead atoms. The van der Waals surface area contributed by atoms with Crippen LogP contribution >= 0.6 is 0 Å². The Bertz CT molecular complexity index is 386. The molecule has 0 saturated carbocycles. The van der Waals surface area contributed by atoms with Gasteiger partial charge < -0.3 is 20.5 Å². The van der Waals surface area contributed by atoms with E-state index in [9.17, 15) is 0 Å². The van der Waals surface area contributed by atoms with Crippen LogP contribution in [0.2, 0.25) is 0 Å². The first kappa shape index (κ1) is 15.4. The van der Waals surface area contributed by atoms with Crippen LogP contribution in [0.25, 0.3) is 0 Å². The molecule has 0 aliphatic heterocycles. The quantitative estimate of drug-likeness (QED) is 0.721. The second-order valence-electron chi connectivity index (χ2n) is 4.49. The number of nitrogen functional groups attached to an aromatic ring is 1. The third-order valence-corrected chi connectivity index (χ3v) is 2.49. The van der Waals surface area contributed by atoms with Crippen molar-refractivity contribution in [1.82, 2.24) is 15.0 Å². The van der Waals surface area contributed by atoms with E-state index in [1.54, 1.807) is 0 Å². The van der Waals surface area contributed by atoms with Gasteiger partial charge in [0, 0.05) is 19.2 Å². The summed E-state index contributed by atoms with van der Waals surface area (Å²) < 4.78 is 5.39. The molecule has 108 valence electrons. The minimum atomic E-state index is 0.128. The van der Waals surface area contributed by atoms with Crippen LogP contribution < -0.4 is 15.4 Å². The van der Waals surface area contributed by atoms with Crippen molar-refractivity contribution in [2.45, 2.75) is 39.7 Å². The Labute approximate surface area is 113 Å². The zero-order valence-electron chi connectivity index (χ0n) is 11.8. The zero-order chi connectivity index (χ0) is 14.3. The lowest BCUT2D eigenvalue weighted by molar-refractivity contribution is 0.286. The van der Waals surface area contributed by atoms with Gasteiger partial charge in [-0.1, -0.05) is 6.92 Å². The maximum Gasteiger partial charge on any atom is 0.323 e. The van der Waals surface area contributed by atoms with Crippen molar-refractivity contribution in [1.29, 1.82) is 0 Å². The van der Waals surface area contributed by atoms with Gasteiger partial charge in [0.1, 0.15) is 0 Å². The average molecular weight is 269 g/mol. The Morgan fingerprint density at radius 2 is 2.05 bits per heavy atom. The highest BCUT2D eigenvalue weighted by molar-refractivity contribution is 5.36. The van der Waals surface area contributed by atoms with Crippen LogP contribution in [-0.2, 0) is 0 Å². The van der Waals surface area contributed by atoms with Gasteiger partial charge in [0.25, 0.3) is 0 Å². The number of aliphatic hydroxyl groups is 1. The molecule has 7 nitrogen and oxygen atoms in total. The lowest BCUT2D eigenvalue weighted by atomic mass is 10.3. The summed E-state index contributed by atoms with van der Waals surface area (Å²) in [5.41, 5.74) is 5.68. The Balaban J connectivity index is 2.91. The highest BCUT2D eigenvalue weighted by Gasteiger charge is 2.15. The first-order chi connectivity index (χ1) is 9.08. The number of nitrogens with zero attached hydrogens (tertiary/aromatic N) is 4. The summed E-state index contributed by atoms with van der Waals surface area (Å²) in [7, 11) is 0. The molecule has 1 heterocycles. The molecule has 0 spiro atoms. The maximum absolute atomic E-state index is 8.94. The first-order valence-electron chi connectivity index (χ1n) is 6.60. The summed E-state index contributed by atoms with van der Waals surface area (Å²) in [5.74, 6) is 0.632. The number of ether oxygens (including phenoxy) is 1. The summed E-state index contributed by atoms with van der Waals surface area (Å²) in [5, 5.41) is 8.94. The van der Waals surface area contributed by atoms with Gasteiger partial charge in [0.2, 0.25) is 11.9 Å². The molecule has 3 N–H and O–H groups in total. The minimum Gasteiger partial charge on any atom is -0.463 e. The summed E-state index contributed by atoms with van der Waals surface area (Å²) in [4.78, 5) is 14.3. The van der Waals surface area contributed by atoms with Gasteiger partial charge in [0.05, 0.1) is 6.61 Å². The molecule has 0 radical (unpaired) electrons. The Kier molecular flexibility index (Phi) is 6.27. The molecule has 1 rings (SSSR count). The van der Waals surface area contributed by atoms with Gasteiger partial charge in [-0.15, -0.1) is 0 Å². The van der Waals surface area contributed by atoms with Crippen molar-refractivity contribution in [2.75, 3.05) is 30.4 Å². The molecular weight excluding hydrogens is 246 g/mol. The van der Waals surface area contributed by atoms with Gasteiger partial charge >= 0.3 is 6.01 Å². The van der Waals surface area contributed by atoms with Crippen LogP contribution in [0, 0.1) is 0 Å². The topological polar surface area (TPSA) is 97.4 Å².